The highest BCUT2D eigenvalue weighted by Crippen LogP contribution is 2.06. The van der Waals surface area contributed by atoms with Crippen molar-refractivity contribution in [2.75, 3.05) is 0 Å². The maximum Gasteiger partial charge on any atom is 0.286 e. The third-order valence-corrected chi connectivity index (χ3v) is 2.16. The number of hydrogen-bond acceptors (Lipinski definition) is 3. The van der Waals surface area contributed by atoms with Crippen LogP contribution in [0.15, 0.2) is 41.5 Å². The second-order valence-corrected chi connectivity index (χ2v) is 3.30. The van der Waals surface area contributed by atoms with E-state index in [9.17, 15) is 14.0 Å². The molecule has 0 spiro atoms. The summed E-state index contributed by atoms with van der Waals surface area (Å²) in [5.74, 6) is -1.40. The van der Waals surface area contributed by atoms with Gasteiger partial charge in [-0.3, -0.25) is 14.2 Å². The molecule has 6 heteroatoms. The lowest BCUT2D eigenvalue weighted by atomic mass is 10.3. The highest BCUT2D eigenvalue weighted by Gasteiger charge is 2.11. The normalized spacial score (nSPS) is 10.2. The average molecular weight is 233 g/mol. The van der Waals surface area contributed by atoms with Gasteiger partial charge in [0, 0.05) is 12.4 Å². The largest absolute Gasteiger partial charge is 0.364 e. The number of nitrogens with two attached hydrogens (primary N) is 1. The van der Waals surface area contributed by atoms with E-state index >= 15 is 0 Å². The fourth-order valence-electron chi connectivity index (χ4n) is 1.41. The van der Waals surface area contributed by atoms with Crippen LogP contribution in [-0.2, 0) is 0 Å². The van der Waals surface area contributed by atoms with Crippen molar-refractivity contribution in [3.05, 3.63) is 58.5 Å². The Kier molecular flexibility index (Phi) is 2.70. The van der Waals surface area contributed by atoms with Crippen molar-refractivity contribution in [3.63, 3.8) is 0 Å². The standard InChI is InChI=1S/C11H8FN3O2/c12-7-2-1-3-8(6-7)15-5-4-14-9(10(13)16)11(15)17/h1-6H,(H2,13,16). The van der Waals surface area contributed by atoms with Gasteiger partial charge in [0.05, 0.1) is 5.69 Å². The van der Waals surface area contributed by atoms with Crippen molar-refractivity contribution in [2.45, 2.75) is 0 Å². The molecule has 0 fully saturated rings. The number of hydrogen-bond donors (Lipinski definition) is 1. The monoisotopic (exact) mass is 233 g/mol. The molecular weight excluding hydrogens is 225 g/mol. The zero-order valence-corrected chi connectivity index (χ0v) is 8.63. The van der Waals surface area contributed by atoms with E-state index in [2.05, 4.69) is 4.98 Å². The van der Waals surface area contributed by atoms with E-state index in [-0.39, 0.29) is 5.69 Å². The molecule has 0 saturated heterocycles. The minimum absolute atomic E-state index is 0.305. The number of carbonyl (C=O) groups is 1. The number of carbonyl (C=O) groups excluding carboxylic acids is 1. The topological polar surface area (TPSA) is 78.0 Å². The van der Waals surface area contributed by atoms with E-state index in [1.807, 2.05) is 0 Å². The molecule has 1 aromatic carbocycles. The van der Waals surface area contributed by atoms with Crippen LogP contribution in [-0.4, -0.2) is 15.5 Å². The van der Waals surface area contributed by atoms with Crippen LogP contribution in [0.4, 0.5) is 4.39 Å². The van der Waals surface area contributed by atoms with Crippen molar-refractivity contribution in [3.8, 4) is 5.69 Å². The van der Waals surface area contributed by atoms with Gasteiger partial charge >= 0.3 is 0 Å². The Morgan fingerprint density at radius 3 is 2.82 bits per heavy atom. The van der Waals surface area contributed by atoms with Crippen LogP contribution in [0, 0.1) is 5.82 Å². The van der Waals surface area contributed by atoms with E-state index in [1.54, 1.807) is 0 Å². The van der Waals surface area contributed by atoms with Crippen LogP contribution in [0.3, 0.4) is 0 Å². The lowest BCUT2D eigenvalue weighted by Crippen LogP contribution is -2.29. The van der Waals surface area contributed by atoms with Crippen LogP contribution in [0.5, 0.6) is 0 Å². The van der Waals surface area contributed by atoms with Gasteiger partial charge in [0.15, 0.2) is 5.69 Å². The third-order valence-electron chi connectivity index (χ3n) is 2.16. The molecule has 0 saturated carbocycles. The average Bonchev–Trinajstić information content (AvgIpc) is 2.29. The molecule has 1 aromatic heterocycles. The Morgan fingerprint density at radius 2 is 2.18 bits per heavy atom. The van der Waals surface area contributed by atoms with Gasteiger partial charge in [0.1, 0.15) is 5.82 Å². The summed E-state index contributed by atoms with van der Waals surface area (Å²) in [6.07, 6.45) is 2.59. The molecule has 0 atom stereocenters. The number of primary amides is 1. The minimum Gasteiger partial charge on any atom is -0.364 e. The Morgan fingerprint density at radius 1 is 1.41 bits per heavy atom. The van der Waals surface area contributed by atoms with Gasteiger partial charge in [-0.2, -0.15) is 0 Å². The molecule has 5 nitrogen and oxygen atoms in total. The molecule has 0 unspecified atom stereocenters. The molecule has 0 aliphatic heterocycles. The van der Waals surface area contributed by atoms with Gasteiger partial charge in [-0.25, -0.2) is 9.37 Å². The van der Waals surface area contributed by atoms with Crippen LogP contribution >= 0.6 is 0 Å². The van der Waals surface area contributed by atoms with E-state index in [1.165, 1.54) is 36.7 Å². The number of nitrogens with zero attached hydrogens (tertiary/aromatic N) is 2. The van der Waals surface area contributed by atoms with Gasteiger partial charge in [0.2, 0.25) is 0 Å². The third kappa shape index (κ3) is 2.05. The van der Waals surface area contributed by atoms with E-state index in [0.717, 1.165) is 4.57 Å². The summed E-state index contributed by atoms with van der Waals surface area (Å²) in [5.41, 5.74) is 4.25. The summed E-state index contributed by atoms with van der Waals surface area (Å²) in [7, 11) is 0. The van der Waals surface area contributed by atoms with Crippen molar-refractivity contribution in [2.24, 2.45) is 5.73 Å². The van der Waals surface area contributed by atoms with Crippen LogP contribution < -0.4 is 11.3 Å². The first-order valence-corrected chi connectivity index (χ1v) is 4.73. The predicted octanol–water partition coefficient (Wildman–Crippen LogP) is 0.470. The minimum atomic E-state index is -0.916. The van der Waals surface area contributed by atoms with Crippen molar-refractivity contribution in [1.29, 1.82) is 0 Å². The van der Waals surface area contributed by atoms with E-state index in [4.69, 9.17) is 5.73 Å². The molecule has 2 N–H and O–H groups in total. The zero-order chi connectivity index (χ0) is 12.4. The molecule has 0 aliphatic carbocycles. The lowest BCUT2D eigenvalue weighted by Gasteiger charge is -2.05. The Bertz CT molecular complexity index is 637. The van der Waals surface area contributed by atoms with Gasteiger partial charge in [-0.05, 0) is 18.2 Å². The van der Waals surface area contributed by atoms with E-state index < -0.39 is 17.3 Å². The highest BCUT2D eigenvalue weighted by molar-refractivity contribution is 5.90. The first-order chi connectivity index (χ1) is 8.09. The quantitative estimate of drug-likeness (QED) is 0.818. The summed E-state index contributed by atoms with van der Waals surface area (Å²) in [5, 5.41) is 0. The summed E-state index contributed by atoms with van der Waals surface area (Å²) < 4.78 is 14.1. The SMILES string of the molecule is NC(=O)c1nccn(-c2cccc(F)c2)c1=O. The van der Waals surface area contributed by atoms with Crippen LogP contribution in [0.2, 0.25) is 0 Å². The van der Waals surface area contributed by atoms with E-state index in [0.29, 0.717) is 5.69 Å². The van der Waals surface area contributed by atoms with Gasteiger partial charge in [-0.15, -0.1) is 0 Å². The Labute approximate surface area is 95.3 Å². The first kappa shape index (κ1) is 11.0. The Hall–Kier alpha value is -2.50. The number of amides is 1. The van der Waals surface area contributed by atoms with Crippen molar-refractivity contribution in [1.82, 2.24) is 9.55 Å². The van der Waals surface area contributed by atoms with Crippen molar-refractivity contribution < 1.29 is 9.18 Å². The zero-order valence-electron chi connectivity index (χ0n) is 8.63. The fourth-order valence-corrected chi connectivity index (χ4v) is 1.41. The molecule has 0 aliphatic rings. The smallest absolute Gasteiger partial charge is 0.286 e. The maximum absolute atomic E-state index is 13.0. The number of halogens is 1. The van der Waals surface area contributed by atoms with Crippen molar-refractivity contribution >= 4 is 5.91 Å². The summed E-state index contributed by atoms with van der Waals surface area (Å²) >= 11 is 0. The molecular formula is C11H8FN3O2. The van der Waals surface area contributed by atoms with Gasteiger partial charge in [0.25, 0.3) is 11.5 Å². The molecule has 0 radical (unpaired) electrons. The molecule has 1 heterocycles. The molecule has 1 amide bonds. The summed E-state index contributed by atoms with van der Waals surface area (Å²) in [4.78, 5) is 26.3. The number of aromatic nitrogens is 2. The Balaban J connectivity index is 2.65. The summed E-state index contributed by atoms with van der Waals surface area (Å²) in [6, 6.07) is 5.42. The molecule has 0 bridgehead atoms. The second kappa shape index (κ2) is 4.17. The predicted molar refractivity (Wildman–Crippen MR) is 58.3 cm³/mol. The lowest BCUT2D eigenvalue weighted by molar-refractivity contribution is 0.0993. The number of rotatable bonds is 2. The molecule has 2 rings (SSSR count). The fraction of sp³-hybridized carbons (Fsp3) is 0. The van der Waals surface area contributed by atoms with Crippen LogP contribution in [0.25, 0.3) is 5.69 Å². The first-order valence-electron chi connectivity index (χ1n) is 4.73. The maximum atomic E-state index is 13.0. The van der Waals surface area contributed by atoms with Crippen LogP contribution in [0.1, 0.15) is 10.5 Å². The molecule has 86 valence electrons. The highest BCUT2D eigenvalue weighted by atomic mass is 19.1. The molecule has 2 aromatic rings. The van der Waals surface area contributed by atoms with Gasteiger partial charge < -0.3 is 5.73 Å². The molecule has 17 heavy (non-hydrogen) atoms. The second-order valence-electron chi connectivity index (χ2n) is 3.30. The number of benzene rings is 1. The van der Waals surface area contributed by atoms with Gasteiger partial charge in [-0.1, -0.05) is 6.07 Å². The summed E-state index contributed by atoms with van der Waals surface area (Å²) in [6.45, 7) is 0.